The summed E-state index contributed by atoms with van der Waals surface area (Å²) in [6.45, 7) is 13.6. The summed E-state index contributed by atoms with van der Waals surface area (Å²) in [4.78, 5) is 9.58. The van der Waals surface area contributed by atoms with E-state index in [0.29, 0.717) is 6.61 Å². The number of aliphatic hydroxyl groups is 1. The highest BCUT2D eigenvalue weighted by Crippen LogP contribution is 2.14. The van der Waals surface area contributed by atoms with Crippen LogP contribution in [0.5, 0.6) is 0 Å². The van der Waals surface area contributed by atoms with Crippen molar-refractivity contribution in [3.63, 3.8) is 0 Å². The molecule has 0 unspecified atom stereocenters. The Morgan fingerprint density at radius 1 is 0.875 bits per heavy atom. The summed E-state index contributed by atoms with van der Waals surface area (Å²) in [6, 6.07) is 4.30. The van der Waals surface area contributed by atoms with Crippen molar-refractivity contribution in [1.29, 1.82) is 0 Å². The lowest BCUT2D eigenvalue weighted by Crippen LogP contribution is -2.30. The Kier molecular flexibility index (Phi) is 11.0. The van der Waals surface area contributed by atoms with Crippen LogP contribution in [0.25, 0.3) is 0 Å². The number of rotatable bonds is 6. The van der Waals surface area contributed by atoms with Gasteiger partial charge in [0.05, 0.1) is 0 Å². The minimum absolute atomic E-state index is 0.365. The van der Waals surface area contributed by atoms with Crippen LogP contribution in [-0.4, -0.2) is 32.9 Å². The van der Waals surface area contributed by atoms with Gasteiger partial charge in [-0.05, 0) is 24.6 Å². The van der Waals surface area contributed by atoms with E-state index in [4.69, 9.17) is 5.11 Å². The molecule has 4 heteroatoms. The average molecular weight is 265 g/mol. The van der Waals surface area contributed by atoms with Gasteiger partial charge in [-0.15, -0.1) is 0 Å². The maximum Gasteiger partial charge on any atom is 0.187 e. The molecular weight excluding hydrogens is 232 g/mol. The molecule has 16 heavy (non-hydrogen) atoms. The van der Waals surface area contributed by atoms with Crippen molar-refractivity contribution in [2.45, 2.75) is 71.0 Å². The smallest absolute Gasteiger partial charge is 0.187 e. The highest BCUT2D eigenvalue weighted by atomic mass is 28.4. The monoisotopic (exact) mass is 264 g/mol. The first kappa shape index (κ1) is 18.7. The average Bonchev–Trinajstić information content (AvgIpc) is 2.25. The molecule has 0 amide bonds. The zero-order valence-electron chi connectivity index (χ0n) is 12.1. The van der Waals surface area contributed by atoms with Gasteiger partial charge in [-0.3, -0.25) is 0 Å². The van der Waals surface area contributed by atoms with Gasteiger partial charge in [0.1, 0.15) is 0 Å². The van der Waals surface area contributed by atoms with Gasteiger partial charge in [-0.2, -0.15) is 0 Å². The van der Waals surface area contributed by atoms with Crippen LogP contribution in [0, 0.1) is 0 Å². The molecule has 0 spiro atoms. The fourth-order valence-corrected chi connectivity index (χ4v) is 4.08. The summed E-state index contributed by atoms with van der Waals surface area (Å²) in [7, 11) is -2.51. The standard InChI is InChI=1S/2C6H16OSi/c1-8(2,3)6-4-5-7;1-4-8(7,5-2)6-3/h2*7H,4-6H2,1-3H3. The van der Waals surface area contributed by atoms with Crippen molar-refractivity contribution in [1.82, 2.24) is 0 Å². The summed E-state index contributed by atoms with van der Waals surface area (Å²) >= 11 is 0. The van der Waals surface area contributed by atoms with Crippen LogP contribution < -0.4 is 0 Å². The van der Waals surface area contributed by atoms with E-state index in [1.807, 2.05) is 0 Å². The van der Waals surface area contributed by atoms with E-state index in [2.05, 4.69) is 40.4 Å². The van der Waals surface area contributed by atoms with E-state index in [1.54, 1.807) is 0 Å². The predicted molar refractivity (Wildman–Crippen MR) is 79.3 cm³/mol. The quantitative estimate of drug-likeness (QED) is 0.718. The SMILES string of the molecule is CC[Si](O)(CC)CC.C[Si](C)(C)CCCO. The first-order chi connectivity index (χ1) is 7.24. The Bertz CT molecular complexity index is 143. The van der Waals surface area contributed by atoms with Gasteiger partial charge >= 0.3 is 0 Å². The Balaban J connectivity index is 0. The second kappa shape index (κ2) is 9.39. The number of hydrogen-bond acceptors (Lipinski definition) is 2. The zero-order valence-corrected chi connectivity index (χ0v) is 14.1. The van der Waals surface area contributed by atoms with Crippen molar-refractivity contribution in [3.05, 3.63) is 0 Å². The molecule has 0 aromatic heterocycles. The largest absolute Gasteiger partial charge is 0.432 e. The van der Waals surface area contributed by atoms with Crippen molar-refractivity contribution in [2.24, 2.45) is 0 Å². The molecule has 0 rings (SSSR count). The molecule has 2 N–H and O–H groups in total. The summed E-state index contributed by atoms with van der Waals surface area (Å²) in [5, 5.41) is 8.45. The predicted octanol–water partition coefficient (Wildman–Crippen LogP) is 3.69. The Morgan fingerprint density at radius 2 is 1.25 bits per heavy atom. The first-order valence-corrected chi connectivity index (χ1v) is 12.9. The van der Waals surface area contributed by atoms with E-state index in [9.17, 15) is 4.80 Å². The highest BCUT2D eigenvalue weighted by molar-refractivity contribution is 6.76. The maximum atomic E-state index is 9.58. The van der Waals surface area contributed by atoms with Crippen LogP contribution in [0.4, 0.5) is 0 Å². The second-order valence-corrected chi connectivity index (χ2v) is 15.9. The molecule has 0 saturated carbocycles. The van der Waals surface area contributed by atoms with E-state index in [1.165, 1.54) is 6.04 Å². The van der Waals surface area contributed by atoms with Gasteiger partial charge in [0.15, 0.2) is 8.32 Å². The van der Waals surface area contributed by atoms with Gasteiger partial charge in [0.25, 0.3) is 0 Å². The van der Waals surface area contributed by atoms with Gasteiger partial charge in [-0.1, -0.05) is 46.5 Å². The number of hydrogen-bond donors (Lipinski definition) is 2. The van der Waals surface area contributed by atoms with Crippen LogP contribution in [0.15, 0.2) is 0 Å². The van der Waals surface area contributed by atoms with Gasteiger partial charge in [0, 0.05) is 14.7 Å². The van der Waals surface area contributed by atoms with Crippen LogP contribution in [0.2, 0.25) is 43.8 Å². The third kappa shape index (κ3) is 12.4. The van der Waals surface area contributed by atoms with Gasteiger partial charge in [-0.25, -0.2) is 0 Å². The van der Waals surface area contributed by atoms with Crippen molar-refractivity contribution >= 4 is 16.4 Å². The minimum atomic E-state index is -1.67. The van der Waals surface area contributed by atoms with Gasteiger partial charge < -0.3 is 9.90 Å². The summed E-state index contributed by atoms with van der Waals surface area (Å²) in [6.07, 6.45) is 0.996. The first-order valence-electron chi connectivity index (χ1n) is 6.58. The molecule has 0 fully saturated rings. The summed E-state index contributed by atoms with van der Waals surface area (Å²) in [5.41, 5.74) is 0. The van der Waals surface area contributed by atoms with Crippen molar-refractivity contribution in [2.75, 3.05) is 6.61 Å². The van der Waals surface area contributed by atoms with Crippen LogP contribution in [0.3, 0.4) is 0 Å². The molecule has 100 valence electrons. The van der Waals surface area contributed by atoms with Crippen LogP contribution >= 0.6 is 0 Å². The molecule has 0 radical (unpaired) electrons. The molecule has 0 aromatic carbocycles. The van der Waals surface area contributed by atoms with Crippen LogP contribution in [-0.2, 0) is 0 Å². The fraction of sp³-hybridized carbons (Fsp3) is 1.00. The Labute approximate surface area is 104 Å². The molecule has 0 bridgehead atoms. The molecule has 0 aliphatic carbocycles. The fourth-order valence-electron chi connectivity index (χ4n) is 1.36. The number of aliphatic hydroxyl groups excluding tert-OH is 1. The van der Waals surface area contributed by atoms with E-state index < -0.39 is 16.4 Å². The Morgan fingerprint density at radius 3 is 1.31 bits per heavy atom. The normalized spacial score (nSPS) is 12.0. The third-order valence-electron chi connectivity index (χ3n) is 3.06. The van der Waals surface area contributed by atoms with E-state index in [-0.39, 0.29) is 0 Å². The lowest BCUT2D eigenvalue weighted by atomic mass is 10.5. The third-order valence-corrected chi connectivity index (χ3v) is 8.86. The second-order valence-electron chi connectivity index (χ2n) is 5.67. The molecule has 0 saturated heterocycles. The summed E-state index contributed by atoms with van der Waals surface area (Å²) < 4.78 is 0. The zero-order chi connectivity index (χ0) is 13.2. The molecule has 2 nitrogen and oxygen atoms in total. The molecule has 0 atom stereocenters. The molecule has 0 aliphatic rings. The molecular formula is C12H32O2Si2. The lowest BCUT2D eigenvalue weighted by molar-refractivity contribution is 0.294. The van der Waals surface area contributed by atoms with Crippen LogP contribution in [0.1, 0.15) is 27.2 Å². The summed E-state index contributed by atoms with van der Waals surface area (Å²) in [5.74, 6) is 0. The molecule has 0 aromatic rings. The van der Waals surface area contributed by atoms with E-state index in [0.717, 1.165) is 24.6 Å². The van der Waals surface area contributed by atoms with Crippen molar-refractivity contribution in [3.8, 4) is 0 Å². The highest BCUT2D eigenvalue weighted by Gasteiger charge is 2.22. The van der Waals surface area contributed by atoms with Gasteiger partial charge in [0.2, 0.25) is 0 Å². The van der Waals surface area contributed by atoms with Crippen molar-refractivity contribution < 1.29 is 9.90 Å². The lowest BCUT2D eigenvalue weighted by Gasteiger charge is -2.18. The molecule has 0 heterocycles. The minimum Gasteiger partial charge on any atom is -0.432 e. The Hall–Kier alpha value is 0.354. The topological polar surface area (TPSA) is 40.5 Å². The van der Waals surface area contributed by atoms with E-state index >= 15 is 0 Å². The molecule has 0 aliphatic heterocycles. The maximum absolute atomic E-state index is 9.58.